The quantitative estimate of drug-likeness (QED) is 0.825. The van der Waals surface area contributed by atoms with Crippen molar-refractivity contribution in [3.63, 3.8) is 0 Å². The third-order valence-electron chi connectivity index (χ3n) is 3.31. The maximum absolute atomic E-state index is 12.7. The smallest absolute Gasteiger partial charge is 0.219 e. The summed E-state index contributed by atoms with van der Waals surface area (Å²) in [4.78, 5) is 15.3. The summed E-state index contributed by atoms with van der Waals surface area (Å²) < 4.78 is 18.3. The lowest BCUT2D eigenvalue weighted by molar-refractivity contribution is -0.130. The molecule has 0 radical (unpaired) electrons. The van der Waals surface area contributed by atoms with E-state index in [1.165, 1.54) is 12.1 Å². The maximum Gasteiger partial charge on any atom is 0.219 e. The molecule has 1 amide bonds. The standard InChI is InChI=1S/C14H19FN2O2/c1-12(18)17-8-6-16(7-9-17)10-11-19-14-4-2-13(15)3-5-14/h2-5H,6-11H2,1H3. The maximum atomic E-state index is 12.7. The highest BCUT2D eigenvalue weighted by Crippen LogP contribution is 2.11. The molecule has 0 aliphatic carbocycles. The Morgan fingerprint density at radius 1 is 1.21 bits per heavy atom. The summed E-state index contributed by atoms with van der Waals surface area (Å²) in [6.07, 6.45) is 0. The molecule has 0 N–H and O–H groups in total. The van der Waals surface area contributed by atoms with E-state index in [0.29, 0.717) is 12.4 Å². The fourth-order valence-electron chi connectivity index (χ4n) is 2.11. The van der Waals surface area contributed by atoms with Gasteiger partial charge in [0.15, 0.2) is 0 Å². The number of halogens is 1. The third kappa shape index (κ3) is 4.21. The molecule has 1 saturated heterocycles. The molecule has 0 atom stereocenters. The zero-order valence-corrected chi connectivity index (χ0v) is 11.1. The fourth-order valence-corrected chi connectivity index (χ4v) is 2.11. The van der Waals surface area contributed by atoms with Crippen LogP contribution in [0.25, 0.3) is 0 Å². The van der Waals surface area contributed by atoms with E-state index in [9.17, 15) is 9.18 Å². The van der Waals surface area contributed by atoms with E-state index in [1.54, 1.807) is 19.1 Å². The molecule has 0 aromatic heterocycles. The Morgan fingerprint density at radius 2 is 1.84 bits per heavy atom. The highest BCUT2D eigenvalue weighted by molar-refractivity contribution is 5.73. The van der Waals surface area contributed by atoms with Crippen LogP contribution in [-0.2, 0) is 4.79 Å². The second kappa shape index (κ2) is 6.52. The van der Waals surface area contributed by atoms with Gasteiger partial charge in [0.25, 0.3) is 0 Å². The lowest BCUT2D eigenvalue weighted by atomic mass is 10.3. The zero-order chi connectivity index (χ0) is 13.7. The van der Waals surface area contributed by atoms with Gasteiger partial charge in [-0.2, -0.15) is 0 Å². The first-order chi connectivity index (χ1) is 9.15. The van der Waals surface area contributed by atoms with Gasteiger partial charge in [-0.15, -0.1) is 0 Å². The first kappa shape index (κ1) is 13.8. The van der Waals surface area contributed by atoms with Gasteiger partial charge in [0.1, 0.15) is 18.2 Å². The molecule has 0 spiro atoms. The van der Waals surface area contributed by atoms with Crippen LogP contribution in [0.15, 0.2) is 24.3 Å². The van der Waals surface area contributed by atoms with Gasteiger partial charge in [-0.3, -0.25) is 9.69 Å². The molecular weight excluding hydrogens is 247 g/mol. The predicted molar refractivity (Wildman–Crippen MR) is 70.6 cm³/mol. The molecule has 19 heavy (non-hydrogen) atoms. The molecule has 2 rings (SSSR count). The number of carbonyl (C=O) groups is 1. The number of piperazine rings is 1. The lowest BCUT2D eigenvalue weighted by Crippen LogP contribution is -2.48. The Hall–Kier alpha value is -1.62. The van der Waals surface area contributed by atoms with Gasteiger partial charge < -0.3 is 9.64 Å². The van der Waals surface area contributed by atoms with Crippen molar-refractivity contribution in [1.82, 2.24) is 9.80 Å². The molecule has 1 aromatic carbocycles. The largest absolute Gasteiger partial charge is 0.492 e. The van der Waals surface area contributed by atoms with E-state index in [2.05, 4.69) is 4.90 Å². The second-order valence-electron chi connectivity index (χ2n) is 4.65. The summed E-state index contributed by atoms with van der Waals surface area (Å²) in [7, 11) is 0. The van der Waals surface area contributed by atoms with Crippen LogP contribution in [0.1, 0.15) is 6.92 Å². The fraction of sp³-hybridized carbons (Fsp3) is 0.500. The van der Waals surface area contributed by atoms with Crippen LogP contribution in [0.4, 0.5) is 4.39 Å². The minimum atomic E-state index is -0.257. The Kier molecular flexibility index (Phi) is 4.74. The molecule has 0 saturated carbocycles. The molecule has 4 nitrogen and oxygen atoms in total. The predicted octanol–water partition coefficient (Wildman–Crippen LogP) is 1.37. The van der Waals surface area contributed by atoms with Crippen LogP contribution >= 0.6 is 0 Å². The third-order valence-corrected chi connectivity index (χ3v) is 3.31. The van der Waals surface area contributed by atoms with Gasteiger partial charge in [-0.05, 0) is 24.3 Å². The number of carbonyl (C=O) groups excluding carboxylic acids is 1. The molecular formula is C14H19FN2O2. The average molecular weight is 266 g/mol. The minimum Gasteiger partial charge on any atom is -0.492 e. The van der Waals surface area contributed by atoms with E-state index in [0.717, 1.165) is 32.7 Å². The van der Waals surface area contributed by atoms with Gasteiger partial charge in [-0.25, -0.2) is 4.39 Å². The van der Waals surface area contributed by atoms with Crippen LogP contribution < -0.4 is 4.74 Å². The number of hydrogen-bond donors (Lipinski definition) is 0. The van der Waals surface area contributed by atoms with Crippen molar-refractivity contribution >= 4 is 5.91 Å². The highest BCUT2D eigenvalue weighted by atomic mass is 19.1. The van der Waals surface area contributed by atoms with Crippen LogP contribution in [0.3, 0.4) is 0 Å². The number of benzene rings is 1. The number of ether oxygens (including phenoxy) is 1. The topological polar surface area (TPSA) is 32.8 Å². The summed E-state index contributed by atoms with van der Waals surface area (Å²) >= 11 is 0. The first-order valence-electron chi connectivity index (χ1n) is 6.51. The van der Waals surface area contributed by atoms with Crippen LogP contribution in [0.2, 0.25) is 0 Å². The van der Waals surface area contributed by atoms with Crippen molar-refractivity contribution in [2.24, 2.45) is 0 Å². The number of rotatable bonds is 4. The van der Waals surface area contributed by atoms with Crippen molar-refractivity contribution in [3.8, 4) is 5.75 Å². The molecule has 1 fully saturated rings. The van der Waals surface area contributed by atoms with Crippen LogP contribution in [-0.4, -0.2) is 55.0 Å². The van der Waals surface area contributed by atoms with Gasteiger partial charge in [0, 0.05) is 39.6 Å². The first-order valence-corrected chi connectivity index (χ1v) is 6.51. The highest BCUT2D eigenvalue weighted by Gasteiger charge is 2.17. The molecule has 0 bridgehead atoms. The molecule has 1 aliphatic heterocycles. The summed E-state index contributed by atoms with van der Waals surface area (Å²) in [5.74, 6) is 0.568. The molecule has 5 heteroatoms. The van der Waals surface area contributed by atoms with E-state index in [-0.39, 0.29) is 11.7 Å². The summed E-state index contributed by atoms with van der Waals surface area (Å²) in [6, 6.07) is 6.04. The summed E-state index contributed by atoms with van der Waals surface area (Å²) in [5, 5.41) is 0. The number of hydrogen-bond acceptors (Lipinski definition) is 3. The molecule has 1 aliphatic rings. The number of amides is 1. The van der Waals surface area contributed by atoms with Gasteiger partial charge in [0.05, 0.1) is 0 Å². The van der Waals surface area contributed by atoms with E-state index in [4.69, 9.17) is 4.74 Å². The molecule has 1 heterocycles. The SMILES string of the molecule is CC(=O)N1CCN(CCOc2ccc(F)cc2)CC1. The number of nitrogens with zero attached hydrogens (tertiary/aromatic N) is 2. The van der Waals surface area contributed by atoms with Crippen molar-refractivity contribution in [3.05, 3.63) is 30.1 Å². The van der Waals surface area contributed by atoms with Crippen molar-refractivity contribution in [1.29, 1.82) is 0 Å². The summed E-state index contributed by atoms with van der Waals surface area (Å²) in [6.45, 7) is 6.33. The summed E-state index contributed by atoms with van der Waals surface area (Å²) in [5.41, 5.74) is 0. The van der Waals surface area contributed by atoms with E-state index >= 15 is 0 Å². The van der Waals surface area contributed by atoms with Crippen molar-refractivity contribution < 1.29 is 13.9 Å². The Balaban J connectivity index is 1.67. The minimum absolute atomic E-state index is 0.141. The molecule has 1 aromatic rings. The average Bonchev–Trinajstić information content (AvgIpc) is 2.41. The van der Waals surface area contributed by atoms with Crippen LogP contribution in [0, 0.1) is 5.82 Å². The monoisotopic (exact) mass is 266 g/mol. The van der Waals surface area contributed by atoms with E-state index < -0.39 is 0 Å². The van der Waals surface area contributed by atoms with Gasteiger partial charge in [0.2, 0.25) is 5.91 Å². The zero-order valence-electron chi connectivity index (χ0n) is 11.1. The van der Waals surface area contributed by atoms with Gasteiger partial charge in [-0.1, -0.05) is 0 Å². The van der Waals surface area contributed by atoms with Gasteiger partial charge >= 0.3 is 0 Å². The lowest BCUT2D eigenvalue weighted by Gasteiger charge is -2.34. The van der Waals surface area contributed by atoms with E-state index in [1.807, 2.05) is 4.90 Å². The molecule has 0 unspecified atom stereocenters. The Labute approximate surface area is 112 Å². The Bertz CT molecular complexity index is 414. The Morgan fingerprint density at radius 3 is 2.42 bits per heavy atom. The van der Waals surface area contributed by atoms with Crippen molar-refractivity contribution in [2.45, 2.75) is 6.92 Å². The second-order valence-corrected chi connectivity index (χ2v) is 4.65. The normalized spacial score (nSPS) is 16.4. The van der Waals surface area contributed by atoms with Crippen molar-refractivity contribution in [2.75, 3.05) is 39.3 Å². The van der Waals surface area contributed by atoms with Crippen LogP contribution in [0.5, 0.6) is 5.75 Å². The molecule has 104 valence electrons.